The number of carbonyl (C=O) groups is 1. The van der Waals surface area contributed by atoms with Gasteiger partial charge in [-0.05, 0) is 38.0 Å². The van der Waals surface area contributed by atoms with Crippen molar-refractivity contribution in [2.75, 3.05) is 0 Å². The van der Waals surface area contributed by atoms with Gasteiger partial charge in [-0.15, -0.1) is 0 Å². The molecule has 0 aliphatic carbocycles. The number of rotatable bonds is 10. The van der Waals surface area contributed by atoms with Crippen molar-refractivity contribution >= 4 is 5.97 Å². The number of carboxylic acids is 1. The lowest BCUT2D eigenvalue weighted by Crippen LogP contribution is -2.00. The first kappa shape index (κ1) is 15.2. The van der Waals surface area contributed by atoms with Gasteiger partial charge in [0.25, 0.3) is 0 Å². The van der Waals surface area contributed by atoms with Crippen LogP contribution < -0.4 is 0 Å². The summed E-state index contributed by atoms with van der Waals surface area (Å²) in [6.07, 6.45) is 8.07. The Labute approximate surface area is 99.7 Å². The molecule has 0 amide bonds. The molecule has 0 bridgehead atoms. The minimum Gasteiger partial charge on any atom is -0.481 e. The second kappa shape index (κ2) is 9.44. The topological polar surface area (TPSA) is 37.3 Å². The lowest BCUT2D eigenvalue weighted by Gasteiger charge is -2.12. The molecule has 1 unspecified atom stereocenters. The third-order valence-corrected chi connectivity index (χ3v) is 2.86. The number of carboxylic acid groups (broad SMARTS) is 1. The average molecular weight is 226 g/mol. The molecule has 0 saturated heterocycles. The van der Waals surface area contributed by atoms with E-state index < -0.39 is 5.97 Å². The molecule has 2 nitrogen and oxygen atoms in total. The molecule has 0 aromatic carbocycles. The fourth-order valence-corrected chi connectivity index (χ4v) is 1.92. The molecular weight excluding hydrogens is 200 g/mol. The second-order valence-electron chi connectivity index (χ2n) is 4.80. The van der Waals surface area contributed by atoms with Crippen LogP contribution in [0.25, 0.3) is 0 Å². The predicted octanol–water partition coefficient (Wildman–Crippen LogP) is 4.40. The maximum Gasteiger partial charge on any atom is 0.303 e. The van der Waals surface area contributed by atoms with Crippen molar-refractivity contribution in [2.24, 2.45) is 5.92 Å². The van der Waals surface area contributed by atoms with Gasteiger partial charge in [0.05, 0.1) is 0 Å². The van der Waals surface area contributed by atoms with E-state index in [2.05, 4.69) is 20.4 Å². The fraction of sp³-hybridized carbons (Fsp3) is 0.786. The Bertz CT molecular complexity index is 209. The summed E-state index contributed by atoms with van der Waals surface area (Å²) in [5.74, 6) is -0.109. The van der Waals surface area contributed by atoms with Crippen LogP contribution in [0.4, 0.5) is 0 Å². The summed E-state index contributed by atoms with van der Waals surface area (Å²) >= 11 is 0. The highest BCUT2D eigenvalue weighted by Gasteiger charge is 2.06. The molecule has 0 aromatic rings. The van der Waals surface area contributed by atoms with Crippen LogP contribution in [-0.4, -0.2) is 11.1 Å². The Morgan fingerprint density at radius 3 is 2.50 bits per heavy atom. The van der Waals surface area contributed by atoms with Gasteiger partial charge in [-0.2, -0.15) is 0 Å². The molecule has 0 rings (SSSR count). The van der Waals surface area contributed by atoms with Gasteiger partial charge in [-0.25, -0.2) is 0 Å². The zero-order valence-electron chi connectivity index (χ0n) is 10.8. The van der Waals surface area contributed by atoms with Crippen LogP contribution in [0.3, 0.4) is 0 Å². The van der Waals surface area contributed by atoms with E-state index in [1.54, 1.807) is 0 Å². The van der Waals surface area contributed by atoms with Crippen LogP contribution in [0.2, 0.25) is 0 Å². The van der Waals surface area contributed by atoms with Crippen LogP contribution in [0.1, 0.15) is 65.2 Å². The summed E-state index contributed by atoms with van der Waals surface area (Å²) in [4.78, 5) is 10.4. The van der Waals surface area contributed by atoms with Crippen LogP contribution in [0.5, 0.6) is 0 Å². The highest BCUT2D eigenvalue weighted by atomic mass is 16.4. The van der Waals surface area contributed by atoms with Gasteiger partial charge in [0.15, 0.2) is 0 Å². The van der Waals surface area contributed by atoms with Crippen LogP contribution in [0.15, 0.2) is 12.2 Å². The molecule has 0 aliphatic rings. The molecule has 0 fully saturated rings. The molecule has 0 aromatic heterocycles. The minimum absolute atomic E-state index is 0.298. The van der Waals surface area contributed by atoms with Crippen molar-refractivity contribution in [3.8, 4) is 0 Å². The molecular formula is C14H26O2. The summed E-state index contributed by atoms with van der Waals surface area (Å²) in [7, 11) is 0. The highest BCUT2D eigenvalue weighted by Crippen LogP contribution is 2.20. The highest BCUT2D eigenvalue weighted by molar-refractivity contribution is 5.66. The van der Waals surface area contributed by atoms with Crippen molar-refractivity contribution in [2.45, 2.75) is 65.2 Å². The summed E-state index contributed by atoms with van der Waals surface area (Å²) < 4.78 is 0. The van der Waals surface area contributed by atoms with Crippen molar-refractivity contribution < 1.29 is 9.90 Å². The zero-order chi connectivity index (χ0) is 12.4. The summed E-state index contributed by atoms with van der Waals surface area (Å²) in [5.41, 5.74) is 1.33. The Kier molecular flexibility index (Phi) is 8.97. The minimum atomic E-state index is -0.686. The lowest BCUT2D eigenvalue weighted by atomic mass is 9.94. The SMILES string of the molecule is C=C(CCCCC)CC(C)CCCC(=O)O. The first-order valence-corrected chi connectivity index (χ1v) is 6.44. The third-order valence-electron chi connectivity index (χ3n) is 2.86. The molecule has 0 saturated carbocycles. The van der Waals surface area contributed by atoms with Gasteiger partial charge in [0.2, 0.25) is 0 Å². The molecule has 1 N–H and O–H groups in total. The van der Waals surface area contributed by atoms with E-state index >= 15 is 0 Å². The third kappa shape index (κ3) is 9.75. The van der Waals surface area contributed by atoms with Crippen molar-refractivity contribution in [3.05, 3.63) is 12.2 Å². The van der Waals surface area contributed by atoms with Gasteiger partial charge in [-0.3, -0.25) is 4.79 Å². The molecule has 16 heavy (non-hydrogen) atoms. The number of aliphatic carboxylic acids is 1. The quantitative estimate of drug-likeness (QED) is 0.442. The van der Waals surface area contributed by atoms with Gasteiger partial charge >= 0.3 is 5.97 Å². The molecule has 0 aliphatic heterocycles. The molecule has 2 heteroatoms. The molecule has 94 valence electrons. The Morgan fingerprint density at radius 1 is 1.25 bits per heavy atom. The normalized spacial score (nSPS) is 12.4. The summed E-state index contributed by atoms with van der Waals surface area (Å²) in [5, 5.41) is 8.53. The Morgan fingerprint density at radius 2 is 1.94 bits per heavy atom. The fourth-order valence-electron chi connectivity index (χ4n) is 1.92. The van der Waals surface area contributed by atoms with E-state index in [0.717, 1.165) is 25.7 Å². The van der Waals surface area contributed by atoms with E-state index in [9.17, 15) is 4.79 Å². The number of hydrogen-bond donors (Lipinski definition) is 1. The van der Waals surface area contributed by atoms with Gasteiger partial charge in [0, 0.05) is 6.42 Å². The maximum atomic E-state index is 10.4. The van der Waals surface area contributed by atoms with E-state index in [1.807, 2.05) is 0 Å². The largest absolute Gasteiger partial charge is 0.481 e. The number of hydrogen-bond acceptors (Lipinski definition) is 1. The van der Waals surface area contributed by atoms with Crippen LogP contribution in [0, 0.1) is 5.92 Å². The van der Waals surface area contributed by atoms with Crippen molar-refractivity contribution in [3.63, 3.8) is 0 Å². The number of unbranched alkanes of at least 4 members (excludes halogenated alkanes) is 2. The van der Waals surface area contributed by atoms with Gasteiger partial charge < -0.3 is 5.11 Å². The van der Waals surface area contributed by atoms with Crippen molar-refractivity contribution in [1.82, 2.24) is 0 Å². The van der Waals surface area contributed by atoms with E-state index in [4.69, 9.17) is 5.11 Å². The zero-order valence-corrected chi connectivity index (χ0v) is 10.8. The second-order valence-corrected chi connectivity index (χ2v) is 4.80. The molecule has 0 radical (unpaired) electrons. The Hall–Kier alpha value is -0.790. The molecule has 1 atom stereocenters. The lowest BCUT2D eigenvalue weighted by molar-refractivity contribution is -0.137. The maximum absolute atomic E-state index is 10.4. The standard InChI is InChI=1S/C14H26O2/c1-4-5-6-8-12(2)11-13(3)9-7-10-14(15)16/h13H,2,4-11H2,1,3H3,(H,15,16). The monoisotopic (exact) mass is 226 g/mol. The predicted molar refractivity (Wildman–Crippen MR) is 68.5 cm³/mol. The van der Waals surface area contributed by atoms with E-state index in [1.165, 1.54) is 24.8 Å². The van der Waals surface area contributed by atoms with Crippen molar-refractivity contribution in [1.29, 1.82) is 0 Å². The average Bonchev–Trinajstić information content (AvgIpc) is 2.17. The number of allylic oxidation sites excluding steroid dienone is 1. The smallest absolute Gasteiger partial charge is 0.303 e. The summed E-state index contributed by atoms with van der Waals surface area (Å²) in [6, 6.07) is 0. The molecule has 0 spiro atoms. The first-order chi connectivity index (χ1) is 7.56. The van der Waals surface area contributed by atoms with E-state index in [-0.39, 0.29) is 0 Å². The van der Waals surface area contributed by atoms with Gasteiger partial charge in [0.1, 0.15) is 0 Å². The summed E-state index contributed by atoms with van der Waals surface area (Å²) in [6.45, 7) is 8.49. The van der Waals surface area contributed by atoms with Gasteiger partial charge in [-0.1, -0.05) is 38.8 Å². The van der Waals surface area contributed by atoms with Crippen LogP contribution >= 0.6 is 0 Å². The first-order valence-electron chi connectivity index (χ1n) is 6.44. The Balaban J connectivity index is 3.50. The van der Waals surface area contributed by atoms with E-state index in [0.29, 0.717) is 12.3 Å². The van der Waals surface area contributed by atoms with Crippen LogP contribution in [-0.2, 0) is 4.79 Å². The molecule has 0 heterocycles.